The van der Waals surface area contributed by atoms with E-state index in [2.05, 4.69) is 10.3 Å². The van der Waals surface area contributed by atoms with Gasteiger partial charge in [0.25, 0.3) is 0 Å². The van der Waals surface area contributed by atoms with Crippen LogP contribution < -0.4 is 5.32 Å². The van der Waals surface area contributed by atoms with Gasteiger partial charge in [-0.2, -0.15) is 13.2 Å². The minimum Gasteiger partial charge on any atom is -0.381 e. The molecule has 1 N–H and O–H groups in total. The molecule has 4 nitrogen and oxygen atoms in total. The van der Waals surface area contributed by atoms with Gasteiger partial charge in [0.05, 0.1) is 16.6 Å². The highest BCUT2D eigenvalue weighted by molar-refractivity contribution is 6.31. The number of hydrogen-bond donors (Lipinski definition) is 1. The summed E-state index contributed by atoms with van der Waals surface area (Å²) in [4.78, 5) is 16.7. The van der Waals surface area contributed by atoms with Crippen molar-refractivity contribution < 1.29 is 22.7 Å². The molecule has 0 bridgehead atoms. The van der Waals surface area contributed by atoms with Gasteiger partial charge in [-0.05, 0) is 54.5 Å². The van der Waals surface area contributed by atoms with Crippen molar-refractivity contribution >= 4 is 17.5 Å². The molecular weight excluding hydrogens is 405 g/mol. The van der Waals surface area contributed by atoms with E-state index in [1.807, 2.05) is 12.1 Å². The summed E-state index contributed by atoms with van der Waals surface area (Å²) in [6, 6.07) is 7.28. The smallest absolute Gasteiger partial charge is 0.381 e. The Balaban J connectivity index is 1.66. The van der Waals surface area contributed by atoms with Gasteiger partial charge in [-0.25, -0.2) is 0 Å². The van der Waals surface area contributed by atoms with Crippen molar-refractivity contribution in [3.8, 4) is 0 Å². The second-order valence-electron chi connectivity index (χ2n) is 7.09. The summed E-state index contributed by atoms with van der Waals surface area (Å²) in [6.07, 6.45) is 0.806. The highest BCUT2D eigenvalue weighted by atomic mass is 35.5. The molecule has 156 valence electrons. The zero-order valence-corrected chi connectivity index (χ0v) is 16.5. The lowest BCUT2D eigenvalue weighted by molar-refractivity contribution is -0.137. The Hall–Kier alpha value is -2.12. The third-order valence-corrected chi connectivity index (χ3v) is 5.40. The zero-order valence-electron chi connectivity index (χ0n) is 15.7. The number of hydrogen-bond acceptors (Lipinski definition) is 3. The summed E-state index contributed by atoms with van der Waals surface area (Å²) in [5, 5.41) is 2.70. The van der Waals surface area contributed by atoms with Gasteiger partial charge >= 0.3 is 6.18 Å². The molecule has 3 rings (SSSR count). The van der Waals surface area contributed by atoms with Gasteiger partial charge in [-0.3, -0.25) is 9.78 Å². The normalized spacial score (nSPS) is 16.4. The van der Waals surface area contributed by atoms with Gasteiger partial charge in [0.2, 0.25) is 5.91 Å². The predicted molar refractivity (Wildman–Crippen MR) is 103 cm³/mol. The second-order valence-corrected chi connectivity index (χ2v) is 7.50. The molecule has 0 spiro atoms. The maximum atomic E-state index is 13.0. The number of alkyl halides is 3. The summed E-state index contributed by atoms with van der Waals surface area (Å²) < 4.78 is 44.5. The van der Waals surface area contributed by atoms with Gasteiger partial charge in [-0.1, -0.05) is 23.7 Å². The molecule has 2 aromatic rings. The SMILES string of the molecule is O=C(CCc1ccc(Cl)c(C(F)(F)F)c1)N[C@H](c1cccnc1)C1CCOCC1. The molecule has 1 atom stereocenters. The van der Waals surface area contributed by atoms with Crippen LogP contribution in [0.4, 0.5) is 13.2 Å². The van der Waals surface area contributed by atoms with Crippen LogP contribution in [0.5, 0.6) is 0 Å². The molecule has 8 heteroatoms. The van der Waals surface area contributed by atoms with E-state index >= 15 is 0 Å². The van der Waals surface area contributed by atoms with E-state index < -0.39 is 11.7 Å². The van der Waals surface area contributed by atoms with Crippen LogP contribution in [0, 0.1) is 5.92 Å². The van der Waals surface area contributed by atoms with E-state index in [1.165, 1.54) is 12.1 Å². The number of halogens is 4. The number of ether oxygens (including phenoxy) is 1. The third kappa shape index (κ3) is 5.93. The summed E-state index contributed by atoms with van der Waals surface area (Å²) in [7, 11) is 0. The highest BCUT2D eigenvalue weighted by Crippen LogP contribution is 2.35. The van der Waals surface area contributed by atoms with Gasteiger partial charge in [0.1, 0.15) is 0 Å². The molecule has 0 saturated carbocycles. The van der Waals surface area contributed by atoms with Gasteiger partial charge < -0.3 is 10.1 Å². The Kier molecular flexibility index (Phi) is 7.14. The number of nitrogens with one attached hydrogen (secondary N) is 1. The standard InChI is InChI=1S/C21H22ClF3N2O2/c22-18-5-3-14(12-17(18)21(23,24)25)4-6-19(28)27-20(15-7-10-29-11-8-15)16-2-1-9-26-13-16/h1-3,5,9,12-13,15,20H,4,6-8,10-11H2,(H,27,28)/t20-/m0/s1. The average molecular weight is 427 g/mol. The molecule has 0 radical (unpaired) electrons. The largest absolute Gasteiger partial charge is 0.417 e. The molecule has 29 heavy (non-hydrogen) atoms. The molecule has 1 aliphatic rings. The molecule has 0 unspecified atom stereocenters. The van der Waals surface area contributed by atoms with Gasteiger partial charge in [-0.15, -0.1) is 0 Å². The number of carbonyl (C=O) groups is 1. The van der Waals surface area contributed by atoms with Gasteiger partial charge in [0, 0.05) is 32.0 Å². The van der Waals surface area contributed by atoms with Crippen molar-refractivity contribution in [1.29, 1.82) is 0 Å². The van der Waals surface area contributed by atoms with E-state index in [1.54, 1.807) is 12.4 Å². The van der Waals surface area contributed by atoms with Crippen LogP contribution in [0.1, 0.15) is 42.0 Å². The maximum absolute atomic E-state index is 13.0. The van der Waals surface area contributed by atoms with Crippen molar-refractivity contribution in [2.45, 2.75) is 37.9 Å². The fraction of sp³-hybridized carbons (Fsp3) is 0.429. The second kappa shape index (κ2) is 9.59. The number of amides is 1. The Bertz CT molecular complexity index is 824. The molecule has 1 fully saturated rings. The summed E-state index contributed by atoms with van der Waals surface area (Å²) in [5.41, 5.74) is 0.451. The van der Waals surface area contributed by atoms with Crippen molar-refractivity contribution in [2.75, 3.05) is 13.2 Å². The van der Waals surface area contributed by atoms with Crippen molar-refractivity contribution in [3.63, 3.8) is 0 Å². The van der Waals surface area contributed by atoms with Crippen LogP contribution in [0.2, 0.25) is 5.02 Å². The maximum Gasteiger partial charge on any atom is 0.417 e. The molecule has 1 amide bonds. The molecule has 2 heterocycles. The minimum absolute atomic E-state index is 0.0823. The fourth-order valence-corrected chi connectivity index (χ4v) is 3.76. The van der Waals surface area contributed by atoms with Gasteiger partial charge in [0.15, 0.2) is 0 Å². The van der Waals surface area contributed by atoms with Crippen molar-refractivity contribution in [3.05, 3.63) is 64.4 Å². The highest BCUT2D eigenvalue weighted by Gasteiger charge is 2.33. The van der Waals surface area contributed by atoms with Crippen LogP contribution in [-0.2, 0) is 22.1 Å². The molecule has 1 aromatic carbocycles. The number of pyridine rings is 1. The number of aryl methyl sites for hydroxylation is 1. The first kappa shape index (κ1) is 21.6. The van der Waals surface area contributed by atoms with Crippen LogP contribution in [0.3, 0.4) is 0 Å². The predicted octanol–water partition coefficient (Wildman–Crippen LogP) is 4.97. The Morgan fingerprint density at radius 3 is 2.69 bits per heavy atom. The van der Waals surface area contributed by atoms with Crippen LogP contribution in [0.15, 0.2) is 42.7 Å². The summed E-state index contributed by atoms with van der Waals surface area (Å²) in [5.74, 6) is 0.0121. The number of aromatic nitrogens is 1. The monoisotopic (exact) mass is 426 g/mol. The Morgan fingerprint density at radius 1 is 1.28 bits per heavy atom. The van der Waals surface area contributed by atoms with Crippen molar-refractivity contribution in [1.82, 2.24) is 10.3 Å². The minimum atomic E-state index is -4.52. The molecule has 1 aromatic heterocycles. The molecule has 1 aliphatic heterocycles. The number of benzene rings is 1. The Morgan fingerprint density at radius 2 is 2.03 bits per heavy atom. The first-order valence-corrected chi connectivity index (χ1v) is 9.85. The summed E-state index contributed by atoms with van der Waals surface area (Å²) >= 11 is 5.65. The van der Waals surface area contributed by atoms with Crippen LogP contribution >= 0.6 is 11.6 Å². The molecular formula is C21H22ClF3N2O2. The van der Waals surface area contributed by atoms with E-state index in [9.17, 15) is 18.0 Å². The van der Waals surface area contributed by atoms with E-state index in [0.717, 1.165) is 24.5 Å². The van der Waals surface area contributed by atoms with Crippen LogP contribution in [0.25, 0.3) is 0 Å². The first-order valence-electron chi connectivity index (χ1n) is 9.47. The fourth-order valence-electron chi connectivity index (χ4n) is 3.53. The van der Waals surface area contributed by atoms with E-state index in [4.69, 9.17) is 16.3 Å². The lowest BCUT2D eigenvalue weighted by Crippen LogP contribution is -2.36. The first-order chi connectivity index (χ1) is 13.8. The number of carbonyl (C=O) groups excluding carboxylic acids is 1. The Labute approximate surface area is 172 Å². The van der Waals surface area contributed by atoms with E-state index in [0.29, 0.717) is 18.8 Å². The lowest BCUT2D eigenvalue weighted by atomic mass is 9.87. The zero-order chi connectivity index (χ0) is 20.9. The molecule has 1 saturated heterocycles. The number of rotatable bonds is 6. The van der Waals surface area contributed by atoms with E-state index in [-0.39, 0.29) is 35.7 Å². The number of nitrogens with zero attached hydrogens (tertiary/aromatic N) is 1. The topological polar surface area (TPSA) is 51.2 Å². The average Bonchev–Trinajstić information content (AvgIpc) is 2.72. The lowest BCUT2D eigenvalue weighted by Gasteiger charge is -2.31. The van der Waals surface area contributed by atoms with Crippen LogP contribution in [-0.4, -0.2) is 24.1 Å². The third-order valence-electron chi connectivity index (χ3n) is 5.07. The molecule has 0 aliphatic carbocycles. The quantitative estimate of drug-likeness (QED) is 0.709. The van der Waals surface area contributed by atoms with Crippen molar-refractivity contribution in [2.24, 2.45) is 5.92 Å². The summed E-state index contributed by atoms with van der Waals surface area (Å²) in [6.45, 7) is 1.28.